The van der Waals surface area contributed by atoms with Crippen molar-refractivity contribution in [2.24, 2.45) is 7.05 Å². The van der Waals surface area contributed by atoms with Gasteiger partial charge in [-0.3, -0.25) is 4.57 Å². The van der Waals surface area contributed by atoms with Crippen LogP contribution in [0.15, 0.2) is 81.5 Å². The third kappa shape index (κ3) is 4.64. The van der Waals surface area contributed by atoms with Gasteiger partial charge in [-0.1, -0.05) is 30.3 Å². The molecule has 9 heteroatoms. The molecule has 0 N–H and O–H groups in total. The fraction of sp³-hybridized carbons (Fsp3) is 0.208. The molecule has 2 aromatic carbocycles. The molecule has 0 bridgehead atoms. The van der Waals surface area contributed by atoms with E-state index in [1.165, 1.54) is 16.7 Å². The van der Waals surface area contributed by atoms with Crippen LogP contribution in [0.4, 0.5) is 13.2 Å². The van der Waals surface area contributed by atoms with Crippen molar-refractivity contribution in [3.63, 3.8) is 0 Å². The number of hydrogen-bond acceptors (Lipinski definition) is 3. The molecule has 5 nitrogen and oxygen atoms in total. The fourth-order valence-corrected chi connectivity index (χ4v) is 5.04. The summed E-state index contributed by atoms with van der Waals surface area (Å²) in [6.45, 7) is 5.93. The van der Waals surface area contributed by atoms with E-state index in [4.69, 9.17) is 4.74 Å². The van der Waals surface area contributed by atoms with Crippen LogP contribution in [0.3, 0.4) is 0 Å². The van der Waals surface area contributed by atoms with Crippen LogP contribution in [0.1, 0.15) is 30.0 Å². The maximum absolute atomic E-state index is 13.0. The lowest BCUT2D eigenvalue weighted by Crippen LogP contribution is -2.23. The first-order chi connectivity index (χ1) is 15.7. The van der Waals surface area contributed by atoms with Crippen LogP contribution in [0.2, 0.25) is 0 Å². The van der Waals surface area contributed by atoms with Crippen molar-refractivity contribution in [3.8, 4) is 5.69 Å². The lowest BCUT2D eigenvalue weighted by molar-refractivity contribution is -0.137. The van der Waals surface area contributed by atoms with E-state index in [9.17, 15) is 18.0 Å². The Morgan fingerprint density at radius 1 is 1.09 bits per heavy atom. The van der Waals surface area contributed by atoms with E-state index in [-0.39, 0.29) is 5.69 Å². The van der Waals surface area contributed by atoms with E-state index in [0.29, 0.717) is 5.82 Å². The molecule has 0 saturated heterocycles. The normalized spacial score (nSPS) is 18.1. The Morgan fingerprint density at radius 3 is 2.33 bits per heavy atom. The zero-order chi connectivity index (χ0) is 23.8. The van der Waals surface area contributed by atoms with E-state index < -0.39 is 34.4 Å². The number of hydrogen-bond donors (Lipinski definition) is 1. The second-order valence-electron chi connectivity index (χ2n) is 7.61. The third-order valence-electron chi connectivity index (χ3n) is 5.32. The fourth-order valence-electron chi connectivity index (χ4n) is 3.52. The van der Waals surface area contributed by atoms with Gasteiger partial charge in [-0.25, -0.2) is 15.7 Å². The Morgan fingerprint density at radius 2 is 1.76 bits per heavy atom. The largest absolute Gasteiger partial charge is 0.477 e. The minimum Gasteiger partial charge on any atom is -0.477 e. The zero-order valence-corrected chi connectivity index (χ0v) is 19.0. The van der Waals surface area contributed by atoms with Gasteiger partial charge in [-0.15, -0.1) is 5.10 Å². The van der Waals surface area contributed by atoms with Crippen LogP contribution in [0.5, 0.6) is 0 Å². The highest BCUT2D eigenvalue weighted by Gasteiger charge is 2.31. The highest BCUT2D eigenvalue weighted by atomic mass is 32.2. The molecule has 2 atom stereocenters. The predicted octanol–water partition coefficient (Wildman–Crippen LogP) is 5.29. The minimum atomic E-state index is -4.46. The van der Waals surface area contributed by atoms with Gasteiger partial charge >= 0.3 is 11.9 Å². The van der Waals surface area contributed by atoms with Gasteiger partial charge < -0.3 is 4.74 Å². The molecule has 0 aliphatic carbocycles. The van der Waals surface area contributed by atoms with E-state index >= 15 is 0 Å². The number of rotatable bonds is 6. The molecule has 33 heavy (non-hydrogen) atoms. The molecule has 0 saturated carbocycles. The van der Waals surface area contributed by atoms with Crippen molar-refractivity contribution in [1.29, 1.82) is 0 Å². The van der Waals surface area contributed by atoms with Gasteiger partial charge in [0.05, 0.1) is 11.3 Å². The van der Waals surface area contributed by atoms with Gasteiger partial charge in [-0.2, -0.15) is 17.9 Å². The van der Waals surface area contributed by atoms with Crippen molar-refractivity contribution in [2.75, 3.05) is 5.75 Å². The topological polar surface area (TPSA) is 49.1 Å². The molecule has 0 fully saturated rings. The van der Waals surface area contributed by atoms with E-state index in [2.05, 4.69) is 22.8 Å². The Labute approximate surface area is 192 Å². The van der Waals surface area contributed by atoms with E-state index in [0.717, 1.165) is 39.5 Å². The van der Waals surface area contributed by atoms with Crippen LogP contribution in [-0.4, -0.2) is 20.1 Å². The minimum absolute atomic E-state index is 0.235. The summed E-state index contributed by atoms with van der Waals surface area (Å²) < 4.78 is 47.6. The second-order valence-corrected chi connectivity index (χ2v) is 9.60. The number of allylic oxidation sites excluding steroid dienone is 1. The molecule has 1 aliphatic rings. The van der Waals surface area contributed by atoms with Crippen molar-refractivity contribution in [1.82, 2.24) is 14.3 Å². The molecule has 3 aromatic rings. The molecule has 1 aromatic heterocycles. The summed E-state index contributed by atoms with van der Waals surface area (Å²) in [7, 11) is 1.07. The van der Waals surface area contributed by atoms with Gasteiger partial charge in [0.25, 0.3) is 0 Å². The molecule has 0 spiro atoms. The summed E-state index contributed by atoms with van der Waals surface area (Å²) in [5, 5.41) is 8.65. The summed E-state index contributed by atoms with van der Waals surface area (Å²) >= 11 is 0. The molecule has 2 unspecified atom stereocenters. The summed E-state index contributed by atoms with van der Waals surface area (Å²) in [5.74, 6) is 1.82. The first-order valence-electron chi connectivity index (χ1n) is 10.2. The SMILES string of the molecule is [CH2]C[SH]1C=C(C)C(OC(c2ccccc2)c2nn(-c3ccc(C(F)(F)F)cc3)c(=O)n2C)=C1. The van der Waals surface area contributed by atoms with Crippen molar-refractivity contribution >= 4 is 10.9 Å². The van der Waals surface area contributed by atoms with Crippen LogP contribution >= 0.6 is 10.9 Å². The first kappa shape index (κ1) is 23.0. The predicted molar refractivity (Wildman–Crippen MR) is 124 cm³/mol. The number of aromatic nitrogens is 3. The van der Waals surface area contributed by atoms with E-state index in [1.807, 2.05) is 37.3 Å². The maximum atomic E-state index is 13.0. The zero-order valence-electron chi connectivity index (χ0n) is 18.1. The number of alkyl halides is 3. The van der Waals surface area contributed by atoms with Gasteiger partial charge in [0.1, 0.15) is 5.76 Å². The smallest absolute Gasteiger partial charge is 0.416 e. The van der Waals surface area contributed by atoms with Gasteiger partial charge in [0, 0.05) is 12.6 Å². The third-order valence-corrected chi connectivity index (χ3v) is 7.13. The average molecular weight is 475 g/mol. The van der Waals surface area contributed by atoms with Gasteiger partial charge in [-0.05, 0) is 60.3 Å². The lowest BCUT2D eigenvalue weighted by atomic mass is 10.1. The van der Waals surface area contributed by atoms with Crippen LogP contribution in [0, 0.1) is 6.92 Å². The summed E-state index contributed by atoms with van der Waals surface area (Å²) in [5.41, 5.74) is 0.751. The molecule has 2 heterocycles. The Hall–Kier alpha value is -3.20. The molecule has 173 valence electrons. The van der Waals surface area contributed by atoms with E-state index in [1.54, 1.807) is 7.05 Å². The molecular formula is C24H23F3N3O2S. The summed E-state index contributed by atoms with van der Waals surface area (Å²) in [4.78, 5) is 13.0. The molecule has 4 rings (SSSR count). The number of halogens is 3. The number of thiol groups is 1. The van der Waals surface area contributed by atoms with Crippen LogP contribution in [0.25, 0.3) is 5.69 Å². The van der Waals surface area contributed by atoms with Crippen LogP contribution in [-0.2, 0) is 18.0 Å². The standard InChI is InChI=1S/C24H23F3N3O2S/c1-4-33-14-16(2)20(15-33)32-21(17-8-6-5-7-9-17)22-28-30(23(31)29(22)3)19-12-10-18(11-13-19)24(25,26)27/h5-15,21,33H,1,4H2,2-3H3. The molecular weight excluding hydrogens is 451 g/mol. The molecule has 0 amide bonds. The van der Waals surface area contributed by atoms with Gasteiger partial charge in [0.2, 0.25) is 0 Å². The lowest BCUT2D eigenvalue weighted by Gasteiger charge is -2.20. The molecule has 1 aliphatic heterocycles. The summed E-state index contributed by atoms with van der Waals surface area (Å²) in [6, 6.07) is 13.7. The number of benzene rings is 2. The van der Waals surface area contributed by atoms with Gasteiger partial charge in [0.15, 0.2) is 11.9 Å². The van der Waals surface area contributed by atoms with Crippen molar-refractivity contribution in [3.05, 3.63) is 111 Å². The highest BCUT2D eigenvalue weighted by Crippen LogP contribution is 2.42. The summed E-state index contributed by atoms with van der Waals surface area (Å²) in [6.07, 6.45) is -5.15. The van der Waals surface area contributed by atoms with Crippen molar-refractivity contribution in [2.45, 2.75) is 19.2 Å². The first-order valence-corrected chi connectivity index (χ1v) is 11.9. The second kappa shape index (κ2) is 8.97. The highest BCUT2D eigenvalue weighted by molar-refractivity contribution is 8.22. The Balaban J connectivity index is 1.76. The monoisotopic (exact) mass is 474 g/mol. The Kier molecular flexibility index (Phi) is 6.25. The maximum Gasteiger partial charge on any atom is 0.416 e. The quantitative estimate of drug-likeness (QED) is 0.494. The number of nitrogens with zero attached hydrogens (tertiary/aromatic N) is 3. The van der Waals surface area contributed by atoms with Crippen molar-refractivity contribution < 1.29 is 17.9 Å². The Bertz CT molecular complexity index is 1260. The average Bonchev–Trinajstić information content (AvgIpc) is 3.31. The van der Waals surface area contributed by atoms with Crippen LogP contribution < -0.4 is 5.69 Å². The number of ether oxygens (including phenoxy) is 1. The molecule has 1 radical (unpaired) electrons.